The fourth-order valence-corrected chi connectivity index (χ4v) is 2.97. The van der Waals surface area contributed by atoms with Crippen molar-refractivity contribution >= 4 is 21.4 Å². The number of fused-ring (bicyclic) bond motifs is 1. The third-order valence-electron chi connectivity index (χ3n) is 2.94. The number of alkyl halides is 3. The quantitative estimate of drug-likeness (QED) is 0.825. The van der Waals surface area contributed by atoms with E-state index in [0.717, 1.165) is 5.56 Å². The van der Waals surface area contributed by atoms with Crippen molar-refractivity contribution in [2.24, 2.45) is 5.73 Å². The Morgan fingerprint density at radius 3 is 2.75 bits per heavy atom. The van der Waals surface area contributed by atoms with Gasteiger partial charge in [0.2, 0.25) is 0 Å². The Morgan fingerprint density at radius 2 is 2.00 bits per heavy atom. The lowest BCUT2D eigenvalue weighted by Gasteiger charge is -2.12. The minimum absolute atomic E-state index is 0.0305. The zero-order valence-electron chi connectivity index (χ0n) is 10.8. The summed E-state index contributed by atoms with van der Waals surface area (Å²) in [5.74, 6) is 0. The summed E-state index contributed by atoms with van der Waals surface area (Å²) < 4.78 is 41.5. The molecule has 0 aliphatic rings. The summed E-state index contributed by atoms with van der Waals surface area (Å²) in [6.45, 7) is -1.18. The molecule has 1 aromatic carbocycles. The number of thiophene rings is 1. The SMILES string of the molecule is NC(CCOCC(F)(F)F)Cc1csc2ccccc12. The lowest BCUT2D eigenvalue weighted by Crippen LogP contribution is -2.26. The number of benzene rings is 1. The fraction of sp³-hybridized carbons (Fsp3) is 0.429. The molecule has 6 heteroatoms. The molecule has 0 aliphatic heterocycles. The molecule has 0 bridgehead atoms. The van der Waals surface area contributed by atoms with Gasteiger partial charge in [-0.05, 0) is 35.2 Å². The van der Waals surface area contributed by atoms with Gasteiger partial charge in [-0.15, -0.1) is 11.3 Å². The molecule has 1 unspecified atom stereocenters. The van der Waals surface area contributed by atoms with Crippen LogP contribution in [0.1, 0.15) is 12.0 Å². The first-order chi connectivity index (χ1) is 9.46. The number of hydrogen-bond donors (Lipinski definition) is 1. The molecule has 2 aromatic rings. The van der Waals surface area contributed by atoms with E-state index < -0.39 is 12.8 Å². The zero-order valence-corrected chi connectivity index (χ0v) is 11.6. The van der Waals surface area contributed by atoms with Gasteiger partial charge >= 0.3 is 6.18 Å². The van der Waals surface area contributed by atoms with E-state index in [1.54, 1.807) is 11.3 Å². The summed E-state index contributed by atoms with van der Waals surface area (Å²) in [6, 6.07) is 7.83. The van der Waals surface area contributed by atoms with Crippen LogP contribution in [0.3, 0.4) is 0 Å². The van der Waals surface area contributed by atoms with Crippen molar-refractivity contribution in [3.05, 3.63) is 35.2 Å². The van der Waals surface area contributed by atoms with Crippen LogP contribution in [0.5, 0.6) is 0 Å². The lowest BCUT2D eigenvalue weighted by molar-refractivity contribution is -0.174. The van der Waals surface area contributed by atoms with Gasteiger partial charge in [0.05, 0.1) is 0 Å². The van der Waals surface area contributed by atoms with Crippen molar-refractivity contribution in [1.82, 2.24) is 0 Å². The maximum Gasteiger partial charge on any atom is 0.411 e. The van der Waals surface area contributed by atoms with Gasteiger partial charge in [0.15, 0.2) is 0 Å². The first kappa shape index (κ1) is 15.3. The summed E-state index contributed by atoms with van der Waals surface area (Å²) >= 11 is 1.65. The molecule has 0 spiro atoms. The van der Waals surface area contributed by atoms with Gasteiger partial charge < -0.3 is 10.5 Å². The highest BCUT2D eigenvalue weighted by molar-refractivity contribution is 7.17. The Labute approximate surface area is 119 Å². The smallest absolute Gasteiger partial charge is 0.372 e. The molecule has 1 atom stereocenters. The Morgan fingerprint density at radius 1 is 1.25 bits per heavy atom. The molecular weight excluding hydrogens is 287 g/mol. The van der Waals surface area contributed by atoms with Crippen molar-refractivity contribution in [3.63, 3.8) is 0 Å². The van der Waals surface area contributed by atoms with Crippen LogP contribution in [0.25, 0.3) is 10.1 Å². The van der Waals surface area contributed by atoms with Gasteiger partial charge in [0.25, 0.3) is 0 Å². The van der Waals surface area contributed by atoms with Crippen LogP contribution in [0.4, 0.5) is 13.2 Å². The topological polar surface area (TPSA) is 35.2 Å². The first-order valence-electron chi connectivity index (χ1n) is 6.31. The first-order valence-corrected chi connectivity index (χ1v) is 7.19. The number of hydrogen-bond acceptors (Lipinski definition) is 3. The Hall–Kier alpha value is -1.11. The maximum atomic E-state index is 11.9. The molecule has 2 rings (SSSR count). The van der Waals surface area contributed by atoms with E-state index in [9.17, 15) is 13.2 Å². The van der Waals surface area contributed by atoms with Gasteiger partial charge in [-0.1, -0.05) is 18.2 Å². The van der Waals surface area contributed by atoms with E-state index in [-0.39, 0.29) is 12.6 Å². The van der Waals surface area contributed by atoms with Crippen molar-refractivity contribution in [3.8, 4) is 0 Å². The lowest BCUT2D eigenvalue weighted by atomic mass is 10.0. The molecule has 2 N–H and O–H groups in total. The standard InChI is InChI=1S/C14H16F3NOS/c15-14(16,17)9-19-6-5-11(18)7-10-8-20-13-4-2-1-3-12(10)13/h1-4,8,11H,5-7,9,18H2. The largest absolute Gasteiger partial charge is 0.411 e. The number of nitrogens with two attached hydrogens (primary N) is 1. The van der Waals surface area contributed by atoms with Crippen molar-refractivity contribution in [1.29, 1.82) is 0 Å². The van der Waals surface area contributed by atoms with E-state index in [1.165, 1.54) is 10.1 Å². The number of ether oxygens (including phenoxy) is 1. The van der Waals surface area contributed by atoms with E-state index in [1.807, 2.05) is 24.3 Å². The van der Waals surface area contributed by atoms with Crippen LogP contribution < -0.4 is 5.73 Å². The Balaban J connectivity index is 1.81. The average Bonchev–Trinajstić information content (AvgIpc) is 2.77. The Kier molecular flexibility index (Phi) is 5.01. The normalized spacial score (nSPS) is 13.8. The summed E-state index contributed by atoms with van der Waals surface area (Å²) in [6.07, 6.45) is -3.20. The van der Waals surface area contributed by atoms with Gasteiger partial charge in [0, 0.05) is 17.3 Å². The van der Waals surface area contributed by atoms with Gasteiger partial charge in [-0.2, -0.15) is 13.2 Å². The fourth-order valence-electron chi connectivity index (χ4n) is 2.00. The van der Waals surface area contributed by atoms with Crippen LogP contribution in [-0.2, 0) is 11.2 Å². The predicted octanol–water partition coefficient (Wildman–Crippen LogP) is 3.74. The van der Waals surface area contributed by atoms with Crippen molar-refractivity contribution in [2.45, 2.75) is 25.1 Å². The van der Waals surface area contributed by atoms with Crippen LogP contribution >= 0.6 is 11.3 Å². The maximum absolute atomic E-state index is 11.9. The van der Waals surface area contributed by atoms with Gasteiger partial charge in [0.1, 0.15) is 6.61 Å². The summed E-state index contributed by atoms with van der Waals surface area (Å²) in [7, 11) is 0. The number of rotatable bonds is 6. The van der Waals surface area contributed by atoms with Crippen LogP contribution in [0, 0.1) is 0 Å². The van der Waals surface area contributed by atoms with Gasteiger partial charge in [-0.25, -0.2) is 0 Å². The summed E-state index contributed by atoms with van der Waals surface area (Å²) in [5.41, 5.74) is 7.10. The monoisotopic (exact) mass is 303 g/mol. The number of halogens is 3. The highest BCUT2D eigenvalue weighted by atomic mass is 32.1. The molecule has 0 radical (unpaired) electrons. The van der Waals surface area contributed by atoms with Gasteiger partial charge in [-0.3, -0.25) is 0 Å². The molecule has 20 heavy (non-hydrogen) atoms. The zero-order chi connectivity index (χ0) is 14.6. The van der Waals surface area contributed by atoms with Crippen LogP contribution in [0.15, 0.2) is 29.6 Å². The minimum Gasteiger partial charge on any atom is -0.372 e. The molecule has 110 valence electrons. The Bertz CT molecular complexity index is 553. The van der Waals surface area contributed by atoms with Crippen LogP contribution in [-0.4, -0.2) is 25.4 Å². The average molecular weight is 303 g/mol. The summed E-state index contributed by atoms with van der Waals surface area (Å²) in [4.78, 5) is 0. The molecule has 0 amide bonds. The molecule has 1 heterocycles. The highest BCUT2D eigenvalue weighted by Gasteiger charge is 2.27. The summed E-state index contributed by atoms with van der Waals surface area (Å²) in [5, 5.41) is 3.23. The minimum atomic E-state index is -4.27. The third-order valence-corrected chi connectivity index (χ3v) is 3.95. The highest BCUT2D eigenvalue weighted by Crippen LogP contribution is 2.26. The van der Waals surface area contributed by atoms with E-state index in [0.29, 0.717) is 12.8 Å². The van der Waals surface area contributed by atoms with E-state index in [2.05, 4.69) is 10.1 Å². The molecule has 0 saturated heterocycles. The third kappa shape index (κ3) is 4.47. The molecule has 1 aromatic heterocycles. The molecular formula is C14H16F3NOS. The predicted molar refractivity (Wildman–Crippen MR) is 75.0 cm³/mol. The second kappa shape index (κ2) is 6.56. The molecule has 0 fully saturated rings. The second-order valence-electron chi connectivity index (χ2n) is 4.68. The van der Waals surface area contributed by atoms with Crippen molar-refractivity contribution in [2.75, 3.05) is 13.2 Å². The van der Waals surface area contributed by atoms with Crippen LogP contribution in [0.2, 0.25) is 0 Å². The van der Waals surface area contributed by atoms with Crippen molar-refractivity contribution < 1.29 is 17.9 Å². The second-order valence-corrected chi connectivity index (χ2v) is 5.59. The van der Waals surface area contributed by atoms with E-state index >= 15 is 0 Å². The molecule has 0 aliphatic carbocycles. The molecule has 2 nitrogen and oxygen atoms in total. The molecule has 0 saturated carbocycles. The van der Waals surface area contributed by atoms with E-state index in [4.69, 9.17) is 5.73 Å².